The molecule has 3 heterocycles. The van der Waals surface area contributed by atoms with E-state index < -0.39 is 0 Å². The maximum absolute atomic E-state index is 12.9. The van der Waals surface area contributed by atoms with Gasteiger partial charge in [-0.2, -0.15) is 0 Å². The van der Waals surface area contributed by atoms with E-state index in [0.717, 1.165) is 29.7 Å². The van der Waals surface area contributed by atoms with Crippen LogP contribution in [0.4, 0.5) is 0 Å². The molecule has 3 aromatic rings. The van der Waals surface area contributed by atoms with Gasteiger partial charge in [-0.05, 0) is 41.7 Å². The van der Waals surface area contributed by atoms with Crippen LogP contribution >= 0.6 is 0 Å². The number of fused-ring (bicyclic) bond motifs is 2. The third-order valence-corrected chi connectivity index (χ3v) is 7.36. The Morgan fingerprint density at radius 3 is 2.72 bits per heavy atom. The highest BCUT2D eigenvalue weighted by Gasteiger charge is 2.54. The summed E-state index contributed by atoms with van der Waals surface area (Å²) in [6.45, 7) is 3.49. The van der Waals surface area contributed by atoms with Gasteiger partial charge in [0.05, 0.1) is 37.0 Å². The summed E-state index contributed by atoms with van der Waals surface area (Å²) in [5.74, 6) is -0.0206. The number of ether oxygens (including phenoxy) is 1. The Labute approximate surface area is 210 Å². The highest BCUT2D eigenvalue weighted by Crippen LogP contribution is 2.52. The number of benzene rings is 1. The van der Waals surface area contributed by atoms with Crippen LogP contribution in [-0.4, -0.2) is 50.9 Å². The Morgan fingerprint density at radius 1 is 1.17 bits per heavy atom. The lowest BCUT2D eigenvalue weighted by atomic mass is 9.71. The number of nitrogens with zero attached hydrogens (tertiary/aromatic N) is 3. The fourth-order valence-corrected chi connectivity index (χ4v) is 5.52. The summed E-state index contributed by atoms with van der Waals surface area (Å²) in [6.07, 6.45) is 11.8. The highest BCUT2D eigenvalue weighted by molar-refractivity contribution is 5.91. The largest absolute Gasteiger partial charge is 0.370 e. The predicted molar refractivity (Wildman–Crippen MR) is 136 cm³/mol. The molecule has 186 valence electrons. The van der Waals surface area contributed by atoms with Crippen molar-refractivity contribution in [1.29, 1.82) is 0 Å². The molecule has 8 nitrogen and oxygen atoms in total. The van der Waals surface area contributed by atoms with Gasteiger partial charge >= 0.3 is 0 Å². The number of hydrogen-bond acceptors (Lipinski definition) is 5. The van der Waals surface area contributed by atoms with Crippen LogP contribution in [0.1, 0.15) is 54.6 Å². The smallest absolute Gasteiger partial charge is 0.246 e. The Morgan fingerprint density at radius 2 is 2.00 bits per heavy atom. The average molecular weight is 486 g/mol. The molecule has 0 bridgehead atoms. The number of carbonyl (C=O) groups is 2. The second-order valence-electron chi connectivity index (χ2n) is 9.40. The molecule has 2 atom stereocenters. The number of pyridine rings is 1. The van der Waals surface area contributed by atoms with Gasteiger partial charge in [0.15, 0.2) is 0 Å². The minimum Gasteiger partial charge on any atom is -0.370 e. The molecule has 0 saturated carbocycles. The van der Waals surface area contributed by atoms with Gasteiger partial charge in [0, 0.05) is 43.4 Å². The van der Waals surface area contributed by atoms with Crippen molar-refractivity contribution < 1.29 is 14.3 Å². The Kier molecular flexibility index (Phi) is 6.95. The molecule has 2 aromatic heterocycles. The number of hydrogen-bond donors (Lipinski definition) is 2. The summed E-state index contributed by atoms with van der Waals surface area (Å²) >= 11 is 0. The van der Waals surface area contributed by atoms with E-state index in [1.165, 1.54) is 5.56 Å². The van der Waals surface area contributed by atoms with Crippen molar-refractivity contribution in [2.45, 2.75) is 50.4 Å². The quantitative estimate of drug-likeness (QED) is 0.499. The van der Waals surface area contributed by atoms with Crippen LogP contribution in [0.2, 0.25) is 0 Å². The third kappa shape index (κ3) is 4.68. The number of amides is 2. The normalized spacial score (nSPS) is 20.5. The molecule has 1 spiro atoms. The van der Waals surface area contributed by atoms with Crippen molar-refractivity contribution in [2.24, 2.45) is 0 Å². The Bertz CT molecular complexity index is 1220. The lowest BCUT2D eigenvalue weighted by Crippen LogP contribution is -2.51. The number of nitrogens with one attached hydrogen (secondary N) is 2. The fraction of sp³-hybridized carbons (Fsp3) is 0.357. The zero-order valence-corrected chi connectivity index (χ0v) is 20.4. The minimum absolute atomic E-state index is 0.00149. The molecular weight excluding hydrogens is 454 g/mol. The van der Waals surface area contributed by atoms with Crippen LogP contribution < -0.4 is 5.32 Å². The molecule has 8 heteroatoms. The van der Waals surface area contributed by atoms with E-state index in [4.69, 9.17) is 4.74 Å². The van der Waals surface area contributed by atoms with Crippen LogP contribution in [0.5, 0.6) is 0 Å². The molecular formula is C28H31N5O3. The van der Waals surface area contributed by atoms with E-state index in [-0.39, 0.29) is 29.4 Å². The molecule has 0 radical (unpaired) electrons. The highest BCUT2D eigenvalue weighted by atomic mass is 16.5. The van der Waals surface area contributed by atoms with Crippen LogP contribution in [0, 0.1) is 0 Å². The predicted octanol–water partition coefficient (Wildman–Crippen LogP) is 3.54. The first-order valence-corrected chi connectivity index (χ1v) is 12.5. The standard InChI is InChI=1S/C28H31N5O3/c1-2-24(34)32-26-22-7-3-4-8-23(22)28(27(26)36-18-20-6-5-13-29-16-20)11-14-33(15-12-28)25(35)10-9-21-17-30-19-31-21/h3-10,13,16-17,19,26-27H,2,11-12,14-15,18H2,1H3,(H,30,31)(H,32,34)/b10-9+/t26-,27+/m1/s1. The molecule has 2 aliphatic rings. The first-order valence-electron chi connectivity index (χ1n) is 12.5. The van der Waals surface area contributed by atoms with Crippen molar-refractivity contribution in [1.82, 2.24) is 25.2 Å². The molecule has 2 N–H and O–H groups in total. The van der Waals surface area contributed by atoms with Gasteiger partial charge in [-0.3, -0.25) is 14.6 Å². The van der Waals surface area contributed by atoms with E-state index in [9.17, 15) is 9.59 Å². The van der Waals surface area contributed by atoms with Crippen molar-refractivity contribution in [3.05, 3.63) is 89.8 Å². The Balaban J connectivity index is 1.40. The monoisotopic (exact) mass is 485 g/mol. The first kappa shape index (κ1) is 23.9. The number of likely N-dealkylation sites (tertiary alicyclic amines) is 1. The summed E-state index contributed by atoms with van der Waals surface area (Å²) in [5.41, 5.74) is 3.80. The second-order valence-corrected chi connectivity index (χ2v) is 9.40. The summed E-state index contributed by atoms with van der Waals surface area (Å²) in [5, 5.41) is 3.23. The van der Waals surface area contributed by atoms with Crippen LogP contribution in [-0.2, 0) is 26.3 Å². The molecule has 1 aliphatic carbocycles. The number of imidazole rings is 1. The maximum Gasteiger partial charge on any atom is 0.246 e. The number of H-pyrrole nitrogens is 1. The molecule has 5 rings (SSSR count). The van der Waals surface area contributed by atoms with Crippen molar-refractivity contribution >= 4 is 17.9 Å². The molecule has 1 saturated heterocycles. The van der Waals surface area contributed by atoms with Crippen LogP contribution in [0.3, 0.4) is 0 Å². The van der Waals surface area contributed by atoms with Crippen molar-refractivity contribution in [3.63, 3.8) is 0 Å². The minimum atomic E-state index is -0.297. The Hall–Kier alpha value is -3.78. The van der Waals surface area contributed by atoms with Gasteiger partial charge in [0.25, 0.3) is 0 Å². The zero-order valence-electron chi connectivity index (χ0n) is 20.4. The zero-order chi connectivity index (χ0) is 25.0. The van der Waals surface area contributed by atoms with Gasteiger partial charge in [0.1, 0.15) is 0 Å². The molecule has 2 amide bonds. The topological polar surface area (TPSA) is 100 Å². The number of carbonyl (C=O) groups excluding carboxylic acids is 2. The van der Waals surface area contributed by atoms with Gasteiger partial charge in [-0.1, -0.05) is 37.3 Å². The van der Waals surface area contributed by atoms with Gasteiger partial charge in [0.2, 0.25) is 11.8 Å². The summed E-state index contributed by atoms with van der Waals surface area (Å²) in [6, 6.07) is 12.0. The molecule has 1 aromatic carbocycles. The molecule has 1 aliphatic heterocycles. The van der Waals surface area contributed by atoms with Gasteiger partial charge in [-0.25, -0.2) is 4.98 Å². The summed E-state index contributed by atoms with van der Waals surface area (Å²) in [4.78, 5) is 38.5. The lowest BCUT2D eigenvalue weighted by molar-refractivity contribution is -0.129. The van der Waals surface area contributed by atoms with E-state index in [1.807, 2.05) is 42.3 Å². The first-order chi connectivity index (χ1) is 17.6. The SMILES string of the molecule is CCC(=O)N[C@@H]1c2ccccc2C2(CCN(C(=O)/C=C/c3cnc[nH]3)CC2)[C@H]1OCc1cccnc1. The van der Waals surface area contributed by atoms with Crippen LogP contribution in [0.25, 0.3) is 6.08 Å². The third-order valence-electron chi connectivity index (χ3n) is 7.36. The maximum atomic E-state index is 12.9. The number of aromatic nitrogens is 3. The average Bonchev–Trinajstić information content (AvgIpc) is 3.53. The van der Waals surface area contributed by atoms with E-state index in [2.05, 4.69) is 32.4 Å². The van der Waals surface area contributed by atoms with Gasteiger partial charge in [-0.15, -0.1) is 0 Å². The number of aromatic amines is 1. The van der Waals surface area contributed by atoms with Crippen molar-refractivity contribution in [2.75, 3.05) is 13.1 Å². The van der Waals surface area contributed by atoms with Crippen molar-refractivity contribution in [3.8, 4) is 0 Å². The lowest BCUT2D eigenvalue weighted by Gasteiger charge is -2.44. The summed E-state index contributed by atoms with van der Waals surface area (Å²) in [7, 11) is 0. The van der Waals surface area contributed by atoms with E-state index >= 15 is 0 Å². The van der Waals surface area contributed by atoms with Crippen LogP contribution in [0.15, 0.2) is 67.4 Å². The number of piperidine rings is 1. The fourth-order valence-electron chi connectivity index (χ4n) is 5.52. The molecule has 0 unspecified atom stereocenters. The molecule has 36 heavy (non-hydrogen) atoms. The number of rotatable bonds is 7. The van der Waals surface area contributed by atoms with Gasteiger partial charge < -0.3 is 19.9 Å². The second kappa shape index (κ2) is 10.5. The molecule has 1 fully saturated rings. The summed E-state index contributed by atoms with van der Waals surface area (Å²) < 4.78 is 6.63. The van der Waals surface area contributed by atoms with E-state index in [1.54, 1.807) is 30.9 Å². The van der Waals surface area contributed by atoms with E-state index in [0.29, 0.717) is 26.1 Å².